The SMILES string of the molecule is CC(C)OC(=O)CC(=N)SC=Cc1ccc2c(c1)OCO2. The minimum atomic E-state index is -0.376. The predicted molar refractivity (Wildman–Crippen MR) is 82.8 cm³/mol. The van der Waals surface area contributed by atoms with E-state index in [2.05, 4.69) is 0 Å². The molecule has 0 fully saturated rings. The lowest BCUT2D eigenvalue weighted by Crippen LogP contribution is -2.13. The molecule has 0 atom stereocenters. The van der Waals surface area contributed by atoms with Gasteiger partial charge in [0.25, 0.3) is 0 Å². The van der Waals surface area contributed by atoms with Crippen molar-refractivity contribution in [1.29, 1.82) is 5.41 Å². The van der Waals surface area contributed by atoms with Crippen molar-refractivity contribution in [3.63, 3.8) is 0 Å². The maximum Gasteiger partial charge on any atom is 0.312 e. The van der Waals surface area contributed by atoms with E-state index in [0.717, 1.165) is 17.1 Å². The first-order valence-corrected chi connectivity index (χ1v) is 7.42. The maximum atomic E-state index is 11.4. The van der Waals surface area contributed by atoms with E-state index in [1.54, 1.807) is 19.3 Å². The van der Waals surface area contributed by atoms with Crippen LogP contribution in [0.4, 0.5) is 0 Å². The van der Waals surface area contributed by atoms with E-state index in [1.807, 2.05) is 24.3 Å². The first-order chi connectivity index (χ1) is 10.0. The molecule has 1 aliphatic rings. The molecule has 0 unspecified atom stereocenters. The smallest absolute Gasteiger partial charge is 0.312 e. The van der Waals surface area contributed by atoms with Crippen molar-refractivity contribution in [3.05, 3.63) is 29.2 Å². The Bertz CT molecular complexity index is 569. The van der Waals surface area contributed by atoms with Crippen LogP contribution in [0.25, 0.3) is 6.08 Å². The zero-order valence-corrected chi connectivity index (χ0v) is 12.7. The third-order valence-corrected chi connectivity index (χ3v) is 3.24. The summed E-state index contributed by atoms with van der Waals surface area (Å²) in [4.78, 5) is 11.4. The lowest BCUT2D eigenvalue weighted by Gasteiger charge is -2.07. The summed E-state index contributed by atoms with van der Waals surface area (Å²) < 4.78 is 15.5. The van der Waals surface area contributed by atoms with Gasteiger partial charge in [0.1, 0.15) is 0 Å². The van der Waals surface area contributed by atoms with Crippen LogP contribution in [0.2, 0.25) is 0 Å². The number of carbonyl (C=O) groups is 1. The number of nitrogens with one attached hydrogen (secondary N) is 1. The Hall–Kier alpha value is -1.95. The van der Waals surface area contributed by atoms with Crippen LogP contribution in [0.3, 0.4) is 0 Å². The Kier molecular flexibility index (Phi) is 5.27. The maximum absolute atomic E-state index is 11.4. The number of ether oxygens (including phenoxy) is 3. The lowest BCUT2D eigenvalue weighted by atomic mass is 10.2. The average Bonchev–Trinajstić information content (AvgIpc) is 2.84. The zero-order valence-electron chi connectivity index (χ0n) is 11.9. The van der Waals surface area contributed by atoms with Crippen LogP contribution in [0, 0.1) is 5.41 Å². The highest BCUT2D eigenvalue weighted by Crippen LogP contribution is 2.33. The average molecular weight is 307 g/mol. The number of hydrogen-bond acceptors (Lipinski definition) is 6. The van der Waals surface area contributed by atoms with Crippen LogP contribution in [-0.4, -0.2) is 23.9 Å². The van der Waals surface area contributed by atoms with Gasteiger partial charge in [-0.1, -0.05) is 17.8 Å². The normalized spacial score (nSPS) is 12.9. The lowest BCUT2D eigenvalue weighted by molar-refractivity contribution is -0.145. The van der Waals surface area contributed by atoms with Crippen molar-refractivity contribution >= 4 is 28.9 Å². The molecular weight excluding hydrogens is 290 g/mol. The molecule has 0 radical (unpaired) electrons. The first-order valence-electron chi connectivity index (χ1n) is 6.54. The molecule has 1 heterocycles. The summed E-state index contributed by atoms with van der Waals surface area (Å²) >= 11 is 1.19. The van der Waals surface area contributed by atoms with Crippen molar-refractivity contribution in [3.8, 4) is 11.5 Å². The Morgan fingerprint density at radius 1 is 1.43 bits per heavy atom. The quantitative estimate of drug-likeness (QED) is 0.513. The monoisotopic (exact) mass is 307 g/mol. The molecule has 0 saturated carbocycles. The van der Waals surface area contributed by atoms with E-state index in [0.29, 0.717) is 0 Å². The fraction of sp³-hybridized carbons (Fsp3) is 0.333. The molecular formula is C15H17NO4S. The molecule has 1 aliphatic heterocycles. The molecule has 0 aromatic heterocycles. The standard InChI is InChI=1S/C15H17NO4S/c1-10(2)20-15(17)8-14(16)21-6-5-11-3-4-12-13(7-11)19-9-18-12/h3-7,10,16H,8-9H2,1-2H3. The molecule has 1 N–H and O–H groups in total. The van der Waals surface area contributed by atoms with Crippen molar-refractivity contribution < 1.29 is 19.0 Å². The van der Waals surface area contributed by atoms with Gasteiger partial charge < -0.3 is 14.2 Å². The highest BCUT2D eigenvalue weighted by molar-refractivity contribution is 8.16. The molecule has 0 aliphatic carbocycles. The largest absolute Gasteiger partial charge is 0.463 e. The number of thioether (sulfide) groups is 1. The van der Waals surface area contributed by atoms with E-state index >= 15 is 0 Å². The molecule has 2 rings (SSSR count). The van der Waals surface area contributed by atoms with Gasteiger partial charge in [0.15, 0.2) is 11.5 Å². The summed E-state index contributed by atoms with van der Waals surface area (Å²) in [5, 5.41) is 9.73. The topological polar surface area (TPSA) is 68.6 Å². The summed E-state index contributed by atoms with van der Waals surface area (Å²) in [6.07, 6.45) is 1.70. The fourth-order valence-corrected chi connectivity index (χ4v) is 2.28. The van der Waals surface area contributed by atoms with Crippen LogP contribution in [0.5, 0.6) is 11.5 Å². The molecule has 112 valence electrons. The predicted octanol–water partition coefficient (Wildman–Crippen LogP) is 3.44. The van der Waals surface area contributed by atoms with Crippen molar-refractivity contribution in [2.24, 2.45) is 0 Å². The number of benzene rings is 1. The van der Waals surface area contributed by atoms with E-state index < -0.39 is 0 Å². The van der Waals surface area contributed by atoms with E-state index in [4.69, 9.17) is 19.6 Å². The molecule has 5 nitrogen and oxygen atoms in total. The molecule has 0 spiro atoms. The van der Waals surface area contributed by atoms with E-state index in [1.165, 1.54) is 11.8 Å². The summed E-state index contributed by atoms with van der Waals surface area (Å²) in [5.41, 5.74) is 0.948. The number of rotatable bonds is 5. The molecule has 1 aromatic carbocycles. The second-order valence-electron chi connectivity index (χ2n) is 4.67. The van der Waals surface area contributed by atoms with Gasteiger partial charge >= 0.3 is 5.97 Å². The molecule has 0 saturated heterocycles. The molecule has 0 bridgehead atoms. The fourth-order valence-electron chi connectivity index (χ4n) is 1.69. The van der Waals surface area contributed by atoms with Crippen molar-refractivity contribution in [2.75, 3.05) is 6.79 Å². The van der Waals surface area contributed by atoms with Crippen LogP contribution < -0.4 is 9.47 Å². The number of carbonyl (C=O) groups excluding carboxylic acids is 1. The van der Waals surface area contributed by atoms with Crippen LogP contribution in [-0.2, 0) is 9.53 Å². The van der Waals surface area contributed by atoms with Gasteiger partial charge in [-0.25, -0.2) is 0 Å². The van der Waals surface area contributed by atoms with Crippen molar-refractivity contribution in [2.45, 2.75) is 26.4 Å². The summed E-state index contributed by atoms with van der Waals surface area (Å²) in [5.74, 6) is 1.08. The third kappa shape index (κ3) is 4.82. The van der Waals surface area contributed by atoms with Crippen molar-refractivity contribution in [1.82, 2.24) is 0 Å². The number of hydrogen-bond donors (Lipinski definition) is 1. The third-order valence-electron chi connectivity index (χ3n) is 2.54. The molecule has 21 heavy (non-hydrogen) atoms. The number of fused-ring (bicyclic) bond motifs is 1. The summed E-state index contributed by atoms with van der Waals surface area (Å²) in [6, 6.07) is 5.62. The van der Waals surface area contributed by atoms with Gasteiger partial charge in [-0.2, -0.15) is 0 Å². The molecule has 6 heteroatoms. The van der Waals surface area contributed by atoms with Crippen LogP contribution >= 0.6 is 11.8 Å². The first kappa shape index (κ1) is 15.4. The molecule has 1 aromatic rings. The molecule has 0 amide bonds. The van der Waals surface area contributed by atoms with E-state index in [-0.39, 0.29) is 30.3 Å². The summed E-state index contributed by atoms with van der Waals surface area (Å²) in [7, 11) is 0. The minimum absolute atomic E-state index is 0.00563. The van der Waals surface area contributed by atoms with Gasteiger partial charge in [0.2, 0.25) is 6.79 Å². The van der Waals surface area contributed by atoms with Gasteiger partial charge in [0.05, 0.1) is 17.6 Å². The number of esters is 1. The van der Waals surface area contributed by atoms with Crippen LogP contribution in [0.1, 0.15) is 25.8 Å². The van der Waals surface area contributed by atoms with Gasteiger partial charge in [-0.05, 0) is 43.0 Å². The summed E-state index contributed by atoms with van der Waals surface area (Å²) in [6.45, 7) is 3.82. The zero-order chi connectivity index (χ0) is 15.2. The van der Waals surface area contributed by atoms with Gasteiger partial charge in [-0.15, -0.1) is 0 Å². The van der Waals surface area contributed by atoms with Crippen LogP contribution in [0.15, 0.2) is 23.6 Å². The Morgan fingerprint density at radius 2 is 2.19 bits per heavy atom. The second kappa shape index (κ2) is 7.17. The highest BCUT2D eigenvalue weighted by atomic mass is 32.2. The van der Waals surface area contributed by atoms with Gasteiger partial charge in [-0.3, -0.25) is 10.2 Å². The van der Waals surface area contributed by atoms with Gasteiger partial charge in [0, 0.05) is 0 Å². The Labute approximate surface area is 127 Å². The Morgan fingerprint density at radius 3 is 2.95 bits per heavy atom. The van der Waals surface area contributed by atoms with E-state index in [9.17, 15) is 4.79 Å². The second-order valence-corrected chi connectivity index (χ2v) is 5.67. The highest BCUT2D eigenvalue weighted by Gasteiger charge is 2.12. The minimum Gasteiger partial charge on any atom is -0.463 e. The Balaban J connectivity index is 1.82.